The van der Waals surface area contributed by atoms with Gasteiger partial charge in [0.05, 0.1) is 0 Å². The molecule has 22 heavy (non-hydrogen) atoms. The van der Waals surface area contributed by atoms with Crippen molar-refractivity contribution in [2.45, 2.75) is 52.8 Å². The van der Waals surface area contributed by atoms with E-state index in [2.05, 4.69) is 15.6 Å². The van der Waals surface area contributed by atoms with Gasteiger partial charge in [-0.05, 0) is 38.3 Å². The normalized spacial score (nSPS) is 12.6. The highest BCUT2D eigenvalue weighted by molar-refractivity contribution is 5.85. The van der Waals surface area contributed by atoms with Crippen molar-refractivity contribution in [3.8, 4) is 0 Å². The number of pyridine rings is 1. The maximum absolute atomic E-state index is 12.3. The predicted molar refractivity (Wildman–Crippen MR) is 84.1 cm³/mol. The number of nitrogens with zero attached hydrogens (tertiary/aromatic N) is 1. The van der Waals surface area contributed by atoms with Crippen LogP contribution < -0.4 is 10.6 Å². The van der Waals surface area contributed by atoms with Crippen LogP contribution in [0.1, 0.15) is 40.2 Å². The highest BCUT2D eigenvalue weighted by Crippen LogP contribution is 2.09. The van der Waals surface area contributed by atoms with Gasteiger partial charge in [0.15, 0.2) is 0 Å². The fraction of sp³-hybridized carbons (Fsp3) is 0.562. The Kier molecular flexibility index (Phi) is 6.34. The largest absolute Gasteiger partial charge is 0.444 e. The molecule has 0 fully saturated rings. The quantitative estimate of drug-likeness (QED) is 0.874. The summed E-state index contributed by atoms with van der Waals surface area (Å²) in [6, 6.07) is 3.03. The van der Waals surface area contributed by atoms with Gasteiger partial charge in [0.1, 0.15) is 11.6 Å². The zero-order valence-corrected chi connectivity index (χ0v) is 13.8. The lowest BCUT2D eigenvalue weighted by molar-refractivity contribution is -0.124. The lowest BCUT2D eigenvalue weighted by atomic mass is 10.0. The van der Waals surface area contributed by atoms with E-state index in [0.717, 1.165) is 5.56 Å². The molecular formula is C16H25N3O3. The predicted octanol–water partition coefficient (Wildman–Crippen LogP) is 2.25. The van der Waals surface area contributed by atoms with Crippen LogP contribution in [0.3, 0.4) is 0 Å². The summed E-state index contributed by atoms with van der Waals surface area (Å²) >= 11 is 0. The van der Waals surface area contributed by atoms with Crippen molar-refractivity contribution in [2.24, 2.45) is 5.92 Å². The number of hydrogen-bond acceptors (Lipinski definition) is 4. The summed E-state index contributed by atoms with van der Waals surface area (Å²) in [5.41, 5.74) is 0.299. The van der Waals surface area contributed by atoms with Crippen molar-refractivity contribution < 1.29 is 14.3 Å². The molecule has 0 radical (unpaired) electrons. The molecule has 0 aliphatic rings. The molecule has 2 amide bonds. The highest BCUT2D eigenvalue weighted by Gasteiger charge is 2.26. The maximum Gasteiger partial charge on any atom is 0.408 e. The molecule has 0 spiro atoms. The molecule has 6 heteroatoms. The molecule has 0 saturated heterocycles. The second-order valence-electron chi connectivity index (χ2n) is 6.45. The molecule has 1 aromatic heterocycles. The average molecular weight is 307 g/mol. The number of carbonyl (C=O) groups is 2. The van der Waals surface area contributed by atoms with Gasteiger partial charge in [0.25, 0.3) is 0 Å². The third kappa shape index (κ3) is 6.56. The van der Waals surface area contributed by atoms with E-state index in [1.54, 1.807) is 39.2 Å². The van der Waals surface area contributed by atoms with Crippen LogP contribution in [0.4, 0.5) is 4.79 Å². The van der Waals surface area contributed by atoms with Gasteiger partial charge >= 0.3 is 6.09 Å². The summed E-state index contributed by atoms with van der Waals surface area (Å²) < 4.78 is 5.19. The number of ether oxygens (including phenoxy) is 1. The summed E-state index contributed by atoms with van der Waals surface area (Å²) in [6.07, 6.45) is 2.76. The second-order valence-corrected chi connectivity index (χ2v) is 6.45. The van der Waals surface area contributed by atoms with Gasteiger partial charge in [-0.1, -0.05) is 19.9 Å². The lowest BCUT2D eigenvalue weighted by Gasteiger charge is -2.25. The Morgan fingerprint density at radius 3 is 2.50 bits per heavy atom. The number of alkyl carbamates (subject to hydrolysis) is 1. The number of amides is 2. The van der Waals surface area contributed by atoms with E-state index in [0.29, 0.717) is 6.54 Å². The number of carbonyl (C=O) groups excluding carboxylic acids is 2. The summed E-state index contributed by atoms with van der Waals surface area (Å²) in [4.78, 5) is 28.1. The third-order valence-corrected chi connectivity index (χ3v) is 2.81. The van der Waals surface area contributed by atoms with Gasteiger partial charge in [-0.25, -0.2) is 4.79 Å². The van der Waals surface area contributed by atoms with E-state index in [-0.39, 0.29) is 11.8 Å². The van der Waals surface area contributed by atoms with Crippen LogP contribution in [0.5, 0.6) is 0 Å². The summed E-state index contributed by atoms with van der Waals surface area (Å²) in [7, 11) is 0. The second kappa shape index (κ2) is 7.77. The maximum atomic E-state index is 12.3. The van der Waals surface area contributed by atoms with Gasteiger partial charge in [-0.2, -0.15) is 0 Å². The van der Waals surface area contributed by atoms with Crippen molar-refractivity contribution in [3.05, 3.63) is 30.1 Å². The van der Waals surface area contributed by atoms with Crippen molar-refractivity contribution in [1.29, 1.82) is 0 Å². The minimum absolute atomic E-state index is 0.0542. The zero-order valence-electron chi connectivity index (χ0n) is 13.8. The molecule has 1 aromatic rings. The van der Waals surface area contributed by atoms with Crippen LogP contribution in [0.2, 0.25) is 0 Å². The standard InChI is InChI=1S/C16H25N3O3/c1-11(2)13(19-15(21)22-16(3,4)5)14(20)18-10-12-7-6-8-17-9-12/h6-9,11,13H,10H2,1-5H3,(H,18,20)(H,19,21)/t13-/m0/s1. The molecular weight excluding hydrogens is 282 g/mol. The molecule has 1 rings (SSSR count). The monoisotopic (exact) mass is 307 g/mol. The van der Waals surface area contributed by atoms with E-state index in [1.807, 2.05) is 19.9 Å². The molecule has 0 aliphatic carbocycles. The molecule has 122 valence electrons. The first-order valence-corrected chi connectivity index (χ1v) is 7.35. The van der Waals surface area contributed by atoms with E-state index < -0.39 is 17.7 Å². The van der Waals surface area contributed by atoms with E-state index >= 15 is 0 Å². The van der Waals surface area contributed by atoms with Crippen molar-refractivity contribution >= 4 is 12.0 Å². The molecule has 0 saturated carbocycles. The molecule has 6 nitrogen and oxygen atoms in total. The zero-order chi connectivity index (χ0) is 16.8. The molecule has 1 heterocycles. The number of hydrogen-bond donors (Lipinski definition) is 2. The summed E-state index contributed by atoms with van der Waals surface area (Å²) in [5.74, 6) is -0.300. The first-order chi connectivity index (χ1) is 10.2. The van der Waals surface area contributed by atoms with Crippen LogP contribution in [0, 0.1) is 5.92 Å². The van der Waals surface area contributed by atoms with Gasteiger partial charge in [-0.15, -0.1) is 0 Å². The summed E-state index contributed by atoms with van der Waals surface area (Å²) in [6.45, 7) is 9.43. The van der Waals surface area contributed by atoms with Crippen LogP contribution in [-0.2, 0) is 16.1 Å². The highest BCUT2D eigenvalue weighted by atomic mass is 16.6. The van der Waals surface area contributed by atoms with Crippen LogP contribution in [-0.4, -0.2) is 28.6 Å². The van der Waals surface area contributed by atoms with Crippen LogP contribution in [0.15, 0.2) is 24.5 Å². The third-order valence-electron chi connectivity index (χ3n) is 2.81. The van der Waals surface area contributed by atoms with Crippen molar-refractivity contribution in [1.82, 2.24) is 15.6 Å². The Hall–Kier alpha value is -2.11. The smallest absolute Gasteiger partial charge is 0.408 e. The molecule has 0 aromatic carbocycles. The summed E-state index contributed by atoms with van der Waals surface area (Å²) in [5, 5.41) is 5.42. The fourth-order valence-corrected chi connectivity index (χ4v) is 1.77. The van der Waals surface area contributed by atoms with E-state index in [1.165, 1.54) is 0 Å². The lowest BCUT2D eigenvalue weighted by Crippen LogP contribution is -2.50. The first kappa shape index (κ1) is 17.9. The van der Waals surface area contributed by atoms with Gasteiger partial charge in [0, 0.05) is 18.9 Å². The molecule has 2 N–H and O–H groups in total. The van der Waals surface area contributed by atoms with E-state index in [9.17, 15) is 9.59 Å². The van der Waals surface area contributed by atoms with Crippen molar-refractivity contribution in [2.75, 3.05) is 0 Å². The van der Waals surface area contributed by atoms with Crippen molar-refractivity contribution in [3.63, 3.8) is 0 Å². The number of nitrogens with one attached hydrogen (secondary N) is 2. The molecule has 0 aliphatic heterocycles. The topological polar surface area (TPSA) is 80.3 Å². The Morgan fingerprint density at radius 1 is 1.32 bits per heavy atom. The Morgan fingerprint density at radius 2 is 2.00 bits per heavy atom. The van der Waals surface area contributed by atoms with Gasteiger partial charge in [-0.3, -0.25) is 9.78 Å². The average Bonchev–Trinajstić information content (AvgIpc) is 2.41. The minimum atomic E-state index is -0.647. The molecule has 0 unspecified atom stereocenters. The van der Waals surface area contributed by atoms with Gasteiger partial charge < -0.3 is 15.4 Å². The Bertz CT molecular complexity index is 495. The van der Waals surface area contributed by atoms with Crippen LogP contribution >= 0.6 is 0 Å². The number of aromatic nitrogens is 1. The SMILES string of the molecule is CC(C)[C@H](NC(=O)OC(C)(C)C)C(=O)NCc1cccnc1. The van der Waals surface area contributed by atoms with E-state index in [4.69, 9.17) is 4.74 Å². The Labute approximate surface area is 131 Å². The molecule has 0 bridgehead atoms. The molecule has 1 atom stereocenters. The minimum Gasteiger partial charge on any atom is -0.444 e. The fourth-order valence-electron chi connectivity index (χ4n) is 1.77. The first-order valence-electron chi connectivity index (χ1n) is 7.35. The van der Waals surface area contributed by atoms with Gasteiger partial charge in [0.2, 0.25) is 5.91 Å². The Balaban J connectivity index is 2.58. The number of rotatable bonds is 5. The van der Waals surface area contributed by atoms with Crippen LogP contribution in [0.25, 0.3) is 0 Å².